The standard InChI is InChI=1S/C20H19N7OS/c1-2-13(14-11-23-26-15(14)3-1)19-24-16-8-17(12-9-21-22-10-12)29-18(16)20(25-19)27-4-6-28-7-5-27/h1-3,9-11,17H,4-8H2,(H,21,22)(H,23,26). The molecule has 29 heavy (non-hydrogen) atoms. The molecule has 1 fully saturated rings. The van der Waals surface area contributed by atoms with Crippen LogP contribution in [0.5, 0.6) is 0 Å². The smallest absolute Gasteiger partial charge is 0.162 e. The topological polar surface area (TPSA) is 95.6 Å². The van der Waals surface area contributed by atoms with Crippen molar-refractivity contribution in [2.75, 3.05) is 31.2 Å². The maximum atomic E-state index is 5.57. The van der Waals surface area contributed by atoms with E-state index < -0.39 is 0 Å². The number of nitrogens with zero attached hydrogens (tertiary/aromatic N) is 5. The summed E-state index contributed by atoms with van der Waals surface area (Å²) in [7, 11) is 0. The first-order chi connectivity index (χ1) is 14.4. The van der Waals surface area contributed by atoms with Gasteiger partial charge in [-0.1, -0.05) is 12.1 Å². The minimum atomic E-state index is 0.304. The number of hydrogen-bond acceptors (Lipinski definition) is 7. The predicted molar refractivity (Wildman–Crippen MR) is 111 cm³/mol. The highest BCUT2D eigenvalue weighted by Crippen LogP contribution is 2.49. The Morgan fingerprint density at radius 3 is 2.90 bits per heavy atom. The van der Waals surface area contributed by atoms with Crippen molar-refractivity contribution in [1.82, 2.24) is 30.4 Å². The van der Waals surface area contributed by atoms with E-state index in [0.29, 0.717) is 5.25 Å². The molecule has 3 aromatic heterocycles. The molecule has 2 aliphatic heterocycles. The van der Waals surface area contributed by atoms with Crippen LogP contribution in [0.15, 0.2) is 41.7 Å². The number of rotatable bonds is 3. The lowest BCUT2D eigenvalue weighted by molar-refractivity contribution is 0.122. The molecule has 0 bridgehead atoms. The van der Waals surface area contributed by atoms with Crippen LogP contribution in [0.4, 0.5) is 5.82 Å². The molecular formula is C20H19N7OS. The van der Waals surface area contributed by atoms with Crippen LogP contribution in [0.1, 0.15) is 16.5 Å². The monoisotopic (exact) mass is 405 g/mol. The Labute approximate surface area is 171 Å². The van der Waals surface area contributed by atoms with Crippen molar-refractivity contribution in [3.8, 4) is 11.4 Å². The van der Waals surface area contributed by atoms with Gasteiger partial charge in [-0.15, -0.1) is 11.8 Å². The van der Waals surface area contributed by atoms with E-state index in [1.165, 1.54) is 10.5 Å². The van der Waals surface area contributed by atoms with E-state index in [4.69, 9.17) is 14.7 Å². The van der Waals surface area contributed by atoms with Gasteiger partial charge in [0.1, 0.15) is 5.82 Å². The normalized spacial score (nSPS) is 19.0. The molecule has 0 amide bonds. The first kappa shape index (κ1) is 17.0. The first-order valence-electron chi connectivity index (χ1n) is 9.68. The number of nitrogens with one attached hydrogen (secondary N) is 2. The third kappa shape index (κ3) is 2.89. The Balaban J connectivity index is 1.49. The number of anilines is 1. The Kier molecular flexibility index (Phi) is 4.02. The number of aromatic amines is 2. The van der Waals surface area contributed by atoms with Gasteiger partial charge in [0.2, 0.25) is 0 Å². The van der Waals surface area contributed by atoms with Crippen molar-refractivity contribution >= 4 is 28.5 Å². The number of thioether (sulfide) groups is 1. The van der Waals surface area contributed by atoms with Crippen LogP contribution in [0, 0.1) is 0 Å². The Bertz CT molecular complexity index is 1170. The van der Waals surface area contributed by atoms with Gasteiger partial charge < -0.3 is 9.64 Å². The zero-order valence-corrected chi connectivity index (χ0v) is 16.4. The summed E-state index contributed by atoms with van der Waals surface area (Å²) < 4.78 is 5.57. The zero-order valence-electron chi connectivity index (χ0n) is 15.6. The Hall–Kier alpha value is -2.91. The summed E-state index contributed by atoms with van der Waals surface area (Å²) >= 11 is 1.84. The molecule has 146 valence electrons. The molecule has 6 rings (SSSR count). The van der Waals surface area contributed by atoms with E-state index in [1.807, 2.05) is 42.5 Å². The van der Waals surface area contributed by atoms with E-state index >= 15 is 0 Å². The summed E-state index contributed by atoms with van der Waals surface area (Å²) in [5.74, 6) is 1.77. The van der Waals surface area contributed by atoms with Crippen LogP contribution >= 0.6 is 11.8 Å². The van der Waals surface area contributed by atoms with Gasteiger partial charge in [-0.2, -0.15) is 10.2 Å². The van der Waals surface area contributed by atoms with Crippen LogP contribution < -0.4 is 4.90 Å². The van der Waals surface area contributed by atoms with Crippen LogP contribution in [-0.4, -0.2) is 56.7 Å². The summed E-state index contributed by atoms with van der Waals surface area (Å²) in [5.41, 5.74) is 4.29. The van der Waals surface area contributed by atoms with Crippen molar-refractivity contribution in [3.63, 3.8) is 0 Å². The average Bonchev–Trinajstić information content (AvgIpc) is 3.53. The summed E-state index contributed by atoms with van der Waals surface area (Å²) in [5, 5.41) is 15.6. The van der Waals surface area contributed by atoms with E-state index in [9.17, 15) is 0 Å². The number of ether oxygens (including phenoxy) is 1. The number of fused-ring (bicyclic) bond motifs is 2. The molecule has 0 spiro atoms. The molecule has 5 heterocycles. The number of morpholine rings is 1. The lowest BCUT2D eigenvalue weighted by atomic mass is 10.1. The van der Waals surface area contributed by atoms with Gasteiger partial charge >= 0.3 is 0 Å². The van der Waals surface area contributed by atoms with Gasteiger partial charge in [0.15, 0.2) is 5.82 Å². The third-order valence-electron chi connectivity index (χ3n) is 5.48. The molecule has 1 aromatic carbocycles. The number of hydrogen-bond donors (Lipinski definition) is 2. The van der Waals surface area contributed by atoms with Crippen LogP contribution in [0.3, 0.4) is 0 Å². The summed E-state index contributed by atoms with van der Waals surface area (Å²) in [4.78, 5) is 13.6. The molecule has 9 heteroatoms. The largest absolute Gasteiger partial charge is 0.378 e. The highest BCUT2D eigenvalue weighted by atomic mass is 32.2. The van der Waals surface area contributed by atoms with E-state index in [1.54, 1.807) is 0 Å². The molecule has 2 aliphatic rings. The average molecular weight is 405 g/mol. The van der Waals surface area contributed by atoms with Gasteiger partial charge in [0.25, 0.3) is 0 Å². The van der Waals surface area contributed by atoms with Crippen LogP contribution in [-0.2, 0) is 11.2 Å². The third-order valence-corrected chi connectivity index (χ3v) is 6.86. The molecule has 0 radical (unpaired) electrons. The van der Waals surface area contributed by atoms with Gasteiger partial charge in [-0.3, -0.25) is 10.2 Å². The first-order valence-corrected chi connectivity index (χ1v) is 10.6. The zero-order chi connectivity index (χ0) is 19.2. The van der Waals surface area contributed by atoms with E-state index in [0.717, 1.165) is 66.5 Å². The maximum absolute atomic E-state index is 5.57. The van der Waals surface area contributed by atoms with Crippen molar-refractivity contribution in [2.45, 2.75) is 16.6 Å². The predicted octanol–water partition coefficient (Wildman–Crippen LogP) is 2.97. The Morgan fingerprint density at radius 2 is 2.03 bits per heavy atom. The fourth-order valence-electron chi connectivity index (χ4n) is 4.00. The minimum absolute atomic E-state index is 0.304. The molecule has 1 saturated heterocycles. The lowest BCUT2D eigenvalue weighted by Crippen LogP contribution is -2.37. The maximum Gasteiger partial charge on any atom is 0.162 e. The summed E-state index contributed by atoms with van der Waals surface area (Å²) in [6.45, 7) is 3.13. The minimum Gasteiger partial charge on any atom is -0.378 e. The Morgan fingerprint density at radius 1 is 1.10 bits per heavy atom. The van der Waals surface area contributed by atoms with Crippen molar-refractivity contribution in [1.29, 1.82) is 0 Å². The molecular weight excluding hydrogens is 386 g/mol. The van der Waals surface area contributed by atoms with E-state index in [2.05, 4.69) is 31.4 Å². The van der Waals surface area contributed by atoms with Crippen LogP contribution in [0.25, 0.3) is 22.3 Å². The quantitative estimate of drug-likeness (QED) is 0.541. The van der Waals surface area contributed by atoms with Gasteiger partial charge in [0, 0.05) is 47.5 Å². The van der Waals surface area contributed by atoms with Crippen molar-refractivity contribution in [2.24, 2.45) is 0 Å². The fourth-order valence-corrected chi connectivity index (χ4v) is 5.33. The molecule has 1 atom stereocenters. The molecule has 0 aliphatic carbocycles. The molecule has 4 aromatic rings. The summed E-state index contributed by atoms with van der Waals surface area (Å²) in [6.07, 6.45) is 6.59. The number of benzene rings is 1. The molecule has 0 saturated carbocycles. The second-order valence-electron chi connectivity index (χ2n) is 7.23. The molecule has 1 unspecified atom stereocenters. The number of aromatic nitrogens is 6. The SMILES string of the molecule is c1cc(-c2nc3c(c(N4CCOCC4)n2)SC(c2cn[nH]c2)C3)c2cn[nH]c2c1. The summed E-state index contributed by atoms with van der Waals surface area (Å²) in [6, 6.07) is 6.11. The van der Waals surface area contributed by atoms with Gasteiger partial charge in [0.05, 0.1) is 41.7 Å². The second kappa shape index (κ2) is 6.85. The highest BCUT2D eigenvalue weighted by Gasteiger charge is 2.32. The number of H-pyrrole nitrogens is 2. The van der Waals surface area contributed by atoms with E-state index in [-0.39, 0.29) is 0 Å². The van der Waals surface area contributed by atoms with Gasteiger partial charge in [-0.25, -0.2) is 9.97 Å². The molecule has 8 nitrogen and oxygen atoms in total. The van der Waals surface area contributed by atoms with Crippen molar-refractivity contribution < 1.29 is 4.74 Å². The lowest BCUT2D eigenvalue weighted by Gasteiger charge is -2.29. The van der Waals surface area contributed by atoms with Gasteiger partial charge in [-0.05, 0) is 6.07 Å². The molecule has 2 N–H and O–H groups in total. The second-order valence-corrected chi connectivity index (χ2v) is 8.44. The van der Waals surface area contributed by atoms with Crippen molar-refractivity contribution in [3.05, 3.63) is 48.0 Å². The fraction of sp³-hybridized carbons (Fsp3) is 0.300. The highest BCUT2D eigenvalue weighted by molar-refractivity contribution is 8.00. The van der Waals surface area contributed by atoms with Crippen LogP contribution in [0.2, 0.25) is 0 Å².